The van der Waals surface area contributed by atoms with E-state index in [0.29, 0.717) is 31.1 Å². The zero-order valence-electron chi connectivity index (χ0n) is 12.1. The van der Waals surface area contributed by atoms with E-state index in [2.05, 4.69) is 10.3 Å². The van der Waals surface area contributed by atoms with Gasteiger partial charge in [-0.15, -0.1) is 12.4 Å². The van der Waals surface area contributed by atoms with Gasteiger partial charge >= 0.3 is 11.8 Å². The van der Waals surface area contributed by atoms with Crippen molar-refractivity contribution in [3.8, 4) is 0 Å². The lowest BCUT2D eigenvalue weighted by atomic mass is 10.3. The van der Waals surface area contributed by atoms with Crippen LogP contribution in [0.1, 0.15) is 6.92 Å². The Morgan fingerprint density at radius 1 is 1.27 bits per heavy atom. The number of rotatable bonds is 4. The Morgan fingerprint density at radius 3 is 2.50 bits per heavy atom. The minimum absolute atomic E-state index is 0. The number of nitrogens with two attached hydrogens (primary N) is 1. The second kappa shape index (κ2) is 7.60. The van der Waals surface area contributed by atoms with Gasteiger partial charge in [-0.2, -0.15) is 0 Å². The fourth-order valence-corrected chi connectivity index (χ4v) is 2.02. The van der Waals surface area contributed by atoms with Gasteiger partial charge in [0, 0.05) is 19.6 Å². The normalized spacial score (nSPS) is 14.6. The number of nitrogens with zero attached hydrogens (tertiary/aromatic N) is 3. The third-order valence-corrected chi connectivity index (χ3v) is 3.18. The molecule has 0 bridgehead atoms. The summed E-state index contributed by atoms with van der Waals surface area (Å²) in [6, 6.07) is 3.17. The minimum atomic E-state index is -0.645. The van der Waals surface area contributed by atoms with Crippen molar-refractivity contribution in [3.63, 3.8) is 0 Å². The second-order valence-electron chi connectivity index (χ2n) is 4.63. The summed E-state index contributed by atoms with van der Waals surface area (Å²) in [6.07, 6.45) is 1.43. The Hall–Kier alpha value is -2.35. The summed E-state index contributed by atoms with van der Waals surface area (Å²) in [7, 11) is 0. The van der Waals surface area contributed by atoms with Gasteiger partial charge in [-0.05, 0) is 19.1 Å². The summed E-state index contributed by atoms with van der Waals surface area (Å²) >= 11 is 0. The number of hydrogen-bond acceptors (Lipinski definition) is 5. The monoisotopic (exact) mass is 327 g/mol. The molecular weight excluding hydrogens is 310 g/mol. The standard InChI is InChI=1S/C13H17N5O3.ClH/c1-2-17-5-6-18(13(21)12(17)20)8-11(19)16-9-3-4-10(14)15-7-9;/h3-4,7H,2,5-6,8H2,1H3,(H2,14,15)(H,16,19);1H. The van der Waals surface area contributed by atoms with Gasteiger partial charge in [0.2, 0.25) is 5.91 Å². The van der Waals surface area contributed by atoms with E-state index >= 15 is 0 Å². The molecule has 0 atom stereocenters. The number of likely N-dealkylation sites (N-methyl/N-ethyl adjacent to an activating group) is 1. The van der Waals surface area contributed by atoms with Gasteiger partial charge in [0.25, 0.3) is 0 Å². The number of piperazine rings is 1. The molecule has 1 aromatic rings. The molecule has 120 valence electrons. The smallest absolute Gasteiger partial charge is 0.312 e. The molecule has 1 aromatic heterocycles. The number of amides is 3. The zero-order chi connectivity index (χ0) is 15.4. The van der Waals surface area contributed by atoms with Crippen LogP contribution in [0.3, 0.4) is 0 Å². The Morgan fingerprint density at radius 2 is 1.91 bits per heavy atom. The number of hydrogen-bond donors (Lipinski definition) is 2. The van der Waals surface area contributed by atoms with Gasteiger partial charge in [0.15, 0.2) is 0 Å². The van der Waals surface area contributed by atoms with Gasteiger partial charge in [-0.25, -0.2) is 4.98 Å². The summed E-state index contributed by atoms with van der Waals surface area (Å²) < 4.78 is 0. The van der Waals surface area contributed by atoms with Gasteiger partial charge in [-0.3, -0.25) is 14.4 Å². The van der Waals surface area contributed by atoms with E-state index in [0.717, 1.165) is 0 Å². The average molecular weight is 328 g/mol. The first-order valence-electron chi connectivity index (χ1n) is 6.60. The van der Waals surface area contributed by atoms with Crippen molar-refractivity contribution in [3.05, 3.63) is 18.3 Å². The molecule has 9 heteroatoms. The number of carbonyl (C=O) groups excluding carboxylic acids is 3. The van der Waals surface area contributed by atoms with Crippen LogP contribution < -0.4 is 11.1 Å². The zero-order valence-corrected chi connectivity index (χ0v) is 12.9. The highest BCUT2D eigenvalue weighted by molar-refractivity contribution is 6.35. The van der Waals surface area contributed by atoms with Crippen molar-refractivity contribution in [1.82, 2.24) is 14.8 Å². The molecule has 1 saturated heterocycles. The van der Waals surface area contributed by atoms with Gasteiger partial charge in [0.05, 0.1) is 11.9 Å². The maximum Gasteiger partial charge on any atom is 0.312 e. The molecule has 0 aromatic carbocycles. The van der Waals surface area contributed by atoms with E-state index in [9.17, 15) is 14.4 Å². The van der Waals surface area contributed by atoms with Crippen molar-refractivity contribution in [2.24, 2.45) is 0 Å². The lowest BCUT2D eigenvalue weighted by molar-refractivity contribution is -0.156. The molecule has 0 saturated carbocycles. The second-order valence-corrected chi connectivity index (χ2v) is 4.63. The SMILES string of the molecule is CCN1CCN(CC(=O)Nc2ccc(N)nc2)C(=O)C1=O.Cl. The van der Waals surface area contributed by atoms with Gasteiger partial charge in [0.1, 0.15) is 12.4 Å². The van der Waals surface area contributed by atoms with Gasteiger partial charge in [-0.1, -0.05) is 0 Å². The first-order valence-corrected chi connectivity index (χ1v) is 6.60. The van der Waals surface area contributed by atoms with E-state index < -0.39 is 11.8 Å². The van der Waals surface area contributed by atoms with Crippen LogP contribution in [0.5, 0.6) is 0 Å². The highest BCUT2D eigenvalue weighted by atomic mass is 35.5. The number of nitrogens with one attached hydrogen (secondary N) is 1. The number of anilines is 2. The lowest BCUT2D eigenvalue weighted by Crippen LogP contribution is -2.55. The van der Waals surface area contributed by atoms with Crippen LogP contribution in [0.25, 0.3) is 0 Å². The van der Waals surface area contributed by atoms with Crippen LogP contribution in [-0.2, 0) is 14.4 Å². The van der Waals surface area contributed by atoms with Crippen LogP contribution in [0.15, 0.2) is 18.3 Å². The van der Waals surface area contributed by atoms with E-state index in [-0.39, 0.29) is 24.9 Å². The lowest BCUT2D eigenvalue weighted by Gasteiger charge is -2.32. The number of halogens is 1. The Balaban J connectivity index is 0.00000242. The molecule has 1 aliphatic rings. The Kier molecular flexibility index (Phi) is 6.11. The number of nitrogen functional groups attached to an aromatic ring is 1. The van der Waals surface area contributed by atoms with E-state index in [1.54, 1.807) is 12.1 Å². The molecule has 3 amide bonds. The summed E-state index contributed by atoms with van der Waals surface area (Å²) in [5.41, 5.74) is 5.93. The van der Waals surface area contributed by atoms with Crippen molar-refractivity contribution in [2.45, 2.75) is 6.92 Å². The largest absolute Gasteiger partial charge is 0.384 e. The Labute approximate surface area is 134 Å². The third-order valence-electron chi connectivity index (χ3n) is 3.18. The quantitative estimate of drug-likeness (QED) is 0.739. The summed E-state index contributed by atoms with van der Waals surface area (Å²) in [6.45, 7) is 2.93. The maximum absolute atomic E-state index is 11.9. The van der Waals surface area contributed by atoms with Crippen molar-refractivity contribution < 1.29 is 14.4 Å². The van der Waals surface area contributed by atoms with E-state index in [4.69, 9.17) is 5.73 Å². The highest BCUT2D eigenvalue weighted by Crippen LogP contribution is 2.08. The first-order chi connectivity index (χ1) is 10.0. The Bertz CT molecular complexity index is 563. The molecule has 0 radical (unpaired) electrons. The van der Waals surface area contributed by atoms with Crippen molar-refractivity contribution in [2.75, 3.05) is 37.2 Å². The van der Waals surface area contributed by atoms with E-state index in [1.165, 1.54) is 16.0 Å². The number of aromatic nitrogens is 1. The van der Waals surface area contributed by atoms with E-state index in [1.807, 2.05) is 6.92 Å². The molecule has 1 fully saturated rings. The van der Waals surface area contributed by atoms with Crippen LogP contribution >= 0.6 is 12.4 Å². The van der Waals surface area contributed by atoms with Gasteiger partial charge < -0.3 is 20.9 Å². The van der Waals surface area contributed by atoms with Crippen LogP contribution in [0.4, 0.5) is 11.5 Å². The summed E-state index contributed by atoms with van der Waals surface area (Å²) in [5, 5.41) is 2.60. The maximum atomic E-state index is 11.9. The molecule has 2 rings (SSSR count). The number of pyridine rings is 1. The molecule has 8 nitrogen and oxygen atoms in total. The number of carbonyl (C=O) groups is 3. The van der Waals surface area contributed by atoms with Crippen molar-refractivity contribution >= 4 is 41.6 Å². The predicted octanol–water partition coefficient (Wildman–Crippen LogP) is -0.285. The molecule has 0 unspecified atom stereocenters. The minimum Gasteiger partial charge on any atom is -0.384 e. The van der Waals surface area contributed by atoms with Crippen molar-refractivity contribution in [1.29, 1.82) is 0 Å². The summed E-state index contributed by atoms with van der Waals surface area (Å²) in [5.74, 6) is -1.24. The summed E-state index contributed by atoms with van der Waals surface area (Å²) in [4.78, 5) is 42.0. The molecule has 22 heavy (non-hydrogen) atoms. The fourth-order valence-electron chi connectivity index (χ4n) is 2.02. The molecule has 0 aliphatic carbocycles. The van der Waals surface area contributed by atoms with Crippen LogP contribution in [0, 0.1) is 0 Å². The molecule has 3 N–H and O–H groups in total. The molecule has 2 heterocycles. The van der Waals surface area contributed by atoms with Crippen LogP contribution in [0.2, 0.25) is 0 Å². The third kappa shape index (κ3) is 4.08. The average Bonchev–Trinajstić information content (AvgIpc) is 2.47. The first kappa shape index (κ1) is 17.7. The highest BCUT2D eigenvalue weighted by Gasteiger charge is 2.32. The fraction of sp³-hybridized carbons (Fsp3) is 0.385. The topological polar surface area (TPSA) is 109 Å². The molecular formula is C13H18ClN5O3. The molecule has 1 aliphatic heterocycles. The predicted molar refractivity (Wildman–Crippen MR) is 83.4 cm³/mol. The molecule has 0 spiro atoms. The van der Waals surface area contributed by atoms with Crippen LogP contribution in [-0.4, -0.2) is 58.7 Å².